The summed E-state index contributed by atoms with van der Waals surface area (Å²) in [6.07, 6.45) is 2.92. The molecule has 1 fully saturated rings. The molecule has 2 aliphatic rings. The van der Waals surface area contributed by atoms with Gasteiger partial charge in [0.25, 0.3) is 0 Å². The molecule has 1 saturated heterocycles. The molecule has 5 nitrogen and oxygen atoms in total. The predicted molar refractivity (Wildman–Crippen MR) is 137 cm³/mol. The van der Waals surface area contributed by atoms with Crippen molar-refractivity contribution in [1.29, 1.82) is 0 Å². The summed E-state index contributed by atoms with van der Waals surface area (Å²) in [4.78, 5) is 11.9. The Morgan fingerprint density at radius 1 is 1.15 bits per heavy atom. The Morgan fingerprint density at radius 3 is 2.58 bits per heavy atom. The van der Waals surface area contributed by atoms with Crippen molar-refractivity contribution in [2.75, 3.05) is 18.0 Å². The molecule has 0 amide bonds. The second-order valence-electron chi connectivity index (χ2n) is 9.00. The van der Waals surface area contributed by atoms with Gasteiger partial charge in [0, 0.05) is 29.2 Å². The normalized spacial score (nSPS) is 19.2. The van der Waals surface area contributed by atoms with E-state index in [-0.39, 0.29) is 18.1 Å². The third kappa shape index (κ3) is 3.86. The molecule has 2 heterocycles. The zero-order valence-corrected chi connectivity index (χ0v) is 21.4. The summed E-state index contributed by atoms with van der Waals surface area (Å²) >= 11 is 16.3. The van der Waals surface area contributed by atoms with E-state index in [0.29, 0.717) is 27.0 Å². The van der Waals surface area contributed by atoms with Crippen molar-refractivity contribution in [2.24, 2.45) is 11.1 Å². The Kier molecular flexibility index (Phi) is 6.17. The van der Waals surface area contributed by atoms with E-state index in [1.54, 1.807) is 6.07 Å². The molecule has 1 aliphatic heterocycles. The van der Waals surface area contributed by atoms with Crippen LogP contribution in [0.15, 0.2) is 40.9 Å². The summed E-state index contributed by atoms with van der Waals surface area (Å²) < 4.78 is 1.10. The van der Waals surface area contributed by atoms with Gasteiger partial charge in [-0.1, -0.05) is 63.4 Å². The van der Waals surface area contributed by atoms with E-state index >= 15 is 0 Å². The molecule has 3 N–H and O–H groups in total. The first-order valence-electron chi connectivity index (χ1n) is 11.1. The number of nitrogens with zero attached hydrogens (tertiary/aromatic N) is 3. The van der Waals surface area contributed by atoms with Crippen LogP contribution in [0.4, 0.5) is 5.82 Å². The summed E-state index contributed by atoms with van der Waals surface area (Å²) in [7, 11) is 0. The number of nitrogens with two attached hydrogens (primary N) is 1. The van der Waals surface area contributed by atoms with Crippen molar-refractivity contribution in [2.45, 2.75) is 38.8 Å². The highest BCUT2D eigenvalue weighted by Crippen LogP contribution is 2.53. The number of piperidine rings is 1. The van der Waals surface area contributed by atoms with Crippen LogP contribution in [0, 0.1) is 12.3 Å². The molecule has 5 rings (SSSR count). The second-order valence-corrected chi connectivity index (χ2v) is 10.6. The number of halogens is 3. The van der Waals surface area contributed by atoms with Crippen molar-refractivity contribution in [3.05, 3.63) is 73.4 Å². The third-order valence-corrected chi connectivity index (χ3v) is 8.70. The number of benzene rings is 2. The van der Waals surface area contributed by atoms with E-state index in [1.807, 2.05) is 19.1 Å². The van der Waals surface area contributed by atoms with Gasteiger partial charge in [-0.3, -0.25) is 0 Å². The van der Waals surface area contributed by atoms with Crippen molar-refractivity contribution in [1.82, 2.24) is 9.97 Å². The molecule has 0 saturated carbocycles. The van der Waals surface area contributed by atoms with Crippen LogP contribution in [0.3, 0.4) is 0 Å². The standard InChI is InChI=1S/C25H25BrCl2N4O/c1-14-22(16-5-3-7-18(27)21(16)28)31-19(13-33)24(30-14)32-10-8-25(9-11-32)12-15-4-2-6-17(26)20(15)23(25)29/h2-7,23,33H,8-13,29H2,1H3/t23-/m1/s1. The van der Waals surface area contributed by atoms with E-state index in [9.17, 15) is 5.11 Å². The lowest BCUT2D eigenvalue weighted by atomic mass is 9.73. The number of rotatable bonds is 3. The summed E-state index contributed by atoms with van der Waals surface area (Å²) in [6, 6.07) is 11.8. The average molecular weight is 548 g/mol. The van der Waals surface area contributed by atoms with Crippen LogP contribution in [0.5, 0.6) is 0 Å². The lowest BCUT2D eigenvalue weighted by molar-refractivity contribution is 0.186. The monoisotopic (exact) mass is 546 g/mol. The molecule has 0 bridgehead atoms. The number of aromatic nitrogens is 2. The van der Waals surface area contributed by atoms with Crippen LogP contribution in [0.2, 0.25) is 10.0 Å². The van der Waals surface area contributed by atoms with Gasteiger partial charge >= 0.3 is 0 Å². The molecule has 33 heavy (non-hydrogen) atoms. The molecule has 1 spiro atoms. The summed E-state index contributed by atoms with van der Waals surface area (Å²) in [5.41, 5.74) is 12.1. The van der Waals surface area contributed by atoms with Crippen molar-refractivity contribution < 1.29 is 5.11 Å². The fraction of sp³-hybridized carbons (Fsp3) is 0.360. The maximum atomic E-state index is 10.1. The first-order valence-corrected chi connectivity index (χ1v) is 12.6. The number of hydrogen-bond donors (Lipinski definition) is 2. The van der Waals surface area contributed by atoms with Gasteiger partial charge in [-0.25, -0.2) is 9.97 Å². The van der Waals surface area contributed by atoms with E-state index in [2.05, 4.69) is 39.0 Å². The van der Waals surface area contributed by atoms with Crippen LogP contribution in [0.25, 0.3) is 11.3 Å². The first-order chi connectivity index (χ1) is 15.8. The zero-order valence-electron chi connectivity index (χ0n) is 18.3. The average Bonchev–Trinajstić information content (AvgIpc) is 3.08. The molecule has 0 radical (unpaired) electrons. The maximum absolute atomic E-state index is 10.1. The van der Waals surface area contributed by atoms with Gasteiger partial charge in [-0.05, 0) is 54.9 Å². The van der Waals surface area contributed by atoms with Crippen LogP contribution in [0.1, 0.15) is 41.4 Å². The maximum Gasteiger partial charge on any atom is 0.153 e. The SMILES string of the molecule is Cc1nc(N2CCC3(CC2)Cc2cccc(Br)c2[C@H]3N)c(CO)nc1-c1cccc(Cl)c1Cl. The molecular weight excluding hydrogens is 523 g/mol. The topological polar surface area (TPSA) is 75.3 Å². The zero-order chi connectivity index (χ0) is 23.3. The van der Waals surface area contributed by atoms with Crippen LogP contribution >= 0.6 is 39.1 Å². The second kappa shape index (κ2) is 8.82. The number of anilines is 1. The van der Waals surface area contributed by atoms with Crippen LogP contribution in [-0.2, 0) is 13.0 Å². The quantitative estimate of drug-likeness (QED) is 0.429. The highest BCUT2D eigenvalue weighted by atomic mass is 79.9. The Labute approximate surface area is 212 Å². The molecular formula is C25H25BrCl2N4O. The lowest BCUT2D eigenvalue weighted by Crippen LogP contribution is -2.45. The first kappa shape index (κ1) is 23.1. The van der Waals surface area contributed by atoms with Crippen molar-refractivity contribution >= 4 is 44.9 Å². The summed E-state index contributed by atoms with van der Waals surface area (Å²) in [5.74, 6) is 0.733. The van der Waals surface area contributed by atoms with Gasteiger partial charge in [-0.2, -0.15) is 0 Å². The lowest BCUT2D eigenvalue weighted by Gasteiger charge is -2.43. The Balaban J connectivity index is 1.42. The molecule has 1 aromatic heterocycles. The van der Waals surface area contributed by atoms with Crippen LogP contribution < -0.4 is 10.6 Å². The van der Waals surface area contributed by atoms with Gasteiger partial charge in [0.1, 0.15) is 5.69 Å². The van der Waals surface area contributed by atoms with Gasteiger partial charge < -0.3 is 15.7 Å². The number of fused-ring (bicyclic) bond motifs is 1. The van der Waals surface area contributed by atoms with Crippen molar-refractivity contribution in [3.8, 4) is 11.3 Å². The summed E-state index contributed by atoms with van der Waals surface area (Å²) in [6.45, 7) is 3.35. The largest absolute Gasteiger partial charge is 0.390 e. The van der Waals surface area contributed by atoms with Gasteiger partial charge in [0.2, 0.25) is 0 Å². The molecule has 8 heteroatoms. The molecule has 172 valence electrons. The van der Waals surface area contributed by atoms with Crippen molar-refractivity contribution in [3.63, 3.8) is 0 Å². The fourth-order valence-corrected chi connectivity index (χ4v) is 6.42. The van der Waals surface area contributed by atoms with E-state index in [4.69, 9.17) is 38.9 Å². The molecule has 1 atom stereocenters. The van der Waals surface area contributed by atoms with Gasteiger partial charge in [-0.15, -0.1) is 0 Å². The number of hydrogen-bond acceptors (Lipinski definition) is 5. The minimum atomic E-state index is -0.201. The van der Waals surface area contributed by atoms with E-state index in [1.165, 1.54) is 11.1 Å². The Morgan fingerprint density at radius 2 is 1.88 bits per heavy atom. The molecule has 2 aromatic carbocycles. The summed E-state index contributed by atoms with van der Waals surface area (Å²) in [5, 5.41) is 11.0. The van der Waals surface area contributed by atoms with Gasteiger partial charge in [0.15, 0.2) is 5.82 Å². The highest BCUT2D eigenvalue weighted by Gasteiger charge is 2.47. The minimum Gasteiger partial charge on any atom is -0.390 e. The number of aliphatic hydroxyl groups is 1. The Hall–Kier alpha value is -1.70. The minimum absolute atomic E-state index is 0.0164. The van der Waals surface area contributed by atoms with E-state index in [0.717, 1.165) is 48.3 Å². The molecule has 3 aromatic rings. The predicted octanol–water partition coefficient (Wildman–Crippen LogP) is 5.86. The van der Waals surface area contributed by atoms with Crippen LogP contribution in [-0.4, -0.2) is 28.2 Å². The molecule has 1 aliphatic carbocycles. The molecule has 0 unspecified atom stereocenters. The fourth-order valence-electron chi connectivity index (χ4n) is 5.37. The number of aryl methyl sites for hydroxylation is 1. The van der Waals surface area contributed by atoms with E-state index < -0.39 is 0 Å². The smallest absolute Gasteiger partial charge is 0.153 e. The third-order valence-electron chi connectivity index (χ3n) is 7.19. The van der Waals surface area contributed by atoms with Gasteiger partial charge in [0.05, 0.1) is 28.0 Å². The highest BCUT2D eigenvalue weighted by molar-refractivity contribution is 9.10. The Bertz CT molecular complexity index is 1230. The number of aliphatic hydroxyl groups excluding tert-OH is 1.